The van der Waals surface area contributed by atoms with E-state index in [1.807, 2.05) is 60.7 Å². The average Bonchev–Trinajstić information content (AvgIpc) is 2.59. The molecule has 1 aromatic carbocycles. The van der Waals surface area contributed by atoms with Gasteiger partial charge in [-0.25, -0.2) is 4.98 Å². The van der Waals surface area contributed by atoms with Gasteiger partial charge in [-0.15, -0.1) is 24.8 Å². The summed E-state index contributed by atoms with van der Waals surface area (Å²) in [5, 5.41) is 3.33. The van der Waals surface area contributed by atoms with Crippen LogP contribution in [-0.4, -0.2) is 11.5 Å². The van der Waals surface area contributed by atoms with Crippen LogP contribution < -0.4 is 10.1 Å². The van der Waals surface area contributed by atoms with Gasteiger partial charge in [-0.1, -0.05) is 54.3 Å². The van der Waals surface area contributed by atoms with E-state index in [9.17, 15) is 0 Å². The third-order valence-corrected chi connectivity index (χ3v) is 3.23. The molecule has 0 bridgehead atoms. The zero-order valence-corrected chi connectivity index (χ0v) is 17.7. The molecule has 1 aromatic heterocycles. The van der Waals surface area contributed by atoms with Gasteiger partial charge in [0.2, 0.25) is 5.88 Å². The van der Waals surface area contributed by atoms with Crippen molar-refractivity contribution in [3.05, 3.63) is 71.9 Å². The summed E-state index contributed by atoms with van der Waals surface area (Å²) in [6.45, 7) is 8.29. The fourth-order valence-corrected chi connectivity index (χ4v) is 2.03. The van der Waals surface area contributed by atoms with Crippen LogP contribution in [0.5, 0.6) is 5.88 Å². The Morgan fingerprint density at radius 2 is 1.78 bits per heavy atom. The van der Waals surface area contributed by atoms with E-state index in [0.29, 0.717) is 19.0 Å². The van der Waals surface area contributed by atoms with Crippen molar-refractivity contribution in [2.75, 3.05) is 6.54 Å². The van der Waals surface area contributed by atoms with Crippen molar-refractivity contribution in [2.24, 2.45) is 5.41 Å². The van der Waals surface area contributed by atoms with Crippen LogP contribution in [0.3, 0.4) is 0 Å². The monoisotopic (exact) mass is 406 g/mol. The minimum atomic E-state index is 0. The van der Waals surface area contributed by atoms with Crippen LogP contribution in [-0.2, 0) is 13.2 Å². The predicted molar refractivity (Wildman–Crippen MR) is 118 cm³/mol. The normalized spacial score (nSPS) is 10.3. The summed E-state index contributed by atoms with van der Waals surface area (Å²) in [6, 6.07) is 15.9. The second-order valence-corrected chi connectivity index (χ2v) is 6.79. The highest BCUT2D eigenvalue weighted by atomic mass is 35.5. The van der Waals surface area contributed by atoms with E-state index in [0.717, 1.165) is 17.8 Å². The lowest BCUT2D eigenvalue weighted by atomic mass is 9.98. The lowest BCUT2D eigenvalue weighted by Gasteiger charge is -2.07. The van der Waals surface area contributed by atoms with Crippen LogP contribution in [0.25, 0.3) is 0 Å². The molecular weight excluding hydrogens is 379 g/mol. The molecule has 0 unspecified atom stereocenters. The number of hydrogen-bond acceptors (Lipinski definition) is 3. The Kier molecular flexibility index (Phi) is 12.2. The zero-order valence-electron chi connectivity index (χ0n) is 16.1. The van der Waals surface area contributed by atoms with Gasteiger partial charge in [0.25, 0.3) is 0 Å². The van der Waals surface area contributed by atoms with E-state index < -0.39 is 0 Å². The van der Waals surface area contributed by atoms with Gasteiger partial charge in [-0.2, -0.15) is 0 Å². The molecule has 0 saturated heterocycles. The highest BCUT2D eigenvalue weighted by Gasteiger charge is 2.02. The molecule has 0 amide bonds. The molecule has 1 heterocycles. The zero-order chi connectivity index (χ0) is 18.0. The minimum absolute atomic E-state index is 0. The molecule has 0 atom stereocenters. The maximum Gasteiger partial charge on any atom is 0.213 e. The highest BCUT2D eigenvalue weighted by molar-refractivity contribution is 5.85. The Morgan fingerprint density at radius 1 is 1.04 bits per heavy atom. The molecule has 0 radical (unpaired) electrons. The first kappa shape index (κ1) is 25.0. The second-order valence-electron chi connectivity index (χ2n) is 6.79. The highest BCUT2D eigenvalue weighted by Crippen LogP contribution is 2.11. The summed E-state index contributed by atoms with van der Waals surface area (Å²) in [5.74, 6) is 6.88. The molecule has 2 aromatic rings. The predicted octanol–water partition coefficient (Wildman–Crippen LogP) is 5.20. The van der Waals surface area contributed by atoms with Crippen molar-refractivity contribution in [1.82, 2.24) is 10.3 Å². The second kappa shape index (κ2) is 13.2. The van der Waals surface area contributed by atoms with Gasteiger partial charge in [-0.3, -0.25) is 0 Å². The first-order valence-electron chi connectivity index (χ1n) is 8.54. The van der Waals surface area contributed by atoms with Crippen LogP contribution in [0.4, 0.5) is 0 Å². The number of halogens is 2. The van der Waals surface area contributed by atoms with E-state index in [1.54, 1.807) is 0 Å². The van der Waals surface area contributed by atoms with Crippen LogP contribution in [0.2, 0.25) is 0 Å². The Morgan fingerprint density at radius 3 is 2.48 bits per heavy atom. The standard InChI is InChI=1S/C22H26N2O.2ClH/c1-22(2,3)15-8-5-9-16-23-17-20-13-10-14-21(24-20)25-18-19-11-6-4-7-12-19;;/h4-7,9-14,23H,16-18H2,1-3H3;2*1H/b9-5+;;. The Balaban J connectivity index is 0.00000338. The third-order valence-electron chi connectivity index (χ3n) is 3.23. The van der Waals surface area contributed by atoms with Crippen molar-refractivity contribution in [3.8, 4) is 17.7 Å². The Hall–Kier alpha value is -1.99. The largest absolute Gasteiger partial charge is 0.473 e. The van der Waals surface area contributed by atoms with Gasteiger partial charge in [0, 0.05) is 24.6 Å². The number of aromatic nitrogens is 1. The maximum absolute atomic E-state index is 5.75. The first-order chi connectivity index (χ1) is 12.0. The molecule has 146 valence electrons. The van der Waals surface area contributed by atoms with Crippen LogP contribution in [0.15, 0.2) is 60.7 Å². The van der Waals surface area contributed by atoms with Gasteiger partial charge >= 0.3 is 0 Å². The summed E-state index contributed by atoms with van der Waals surface area (Å²) >= 11 is 0. The maximum atomic E-state index is 5.75. The lowest BCUT2D eigenvalue weighted by molar-refractivity contribution is 0.293. The van der Waals surface area contributed by atoms with Crippen LogP contribution >= 0.6 is 24.8 Å². The number of ether oxygens (including phenoxy) is 1. The minimum Gasteiger partial charge on any atom is -0.473 e. The first-order valence-corrected chi connectivity index (χ1v) is 8.54. The van der Waals surface area contributed by atoms with Crippen molar-refractivity contribution in [1.29, 1.82) is 0 Å². The molecule has 0 fully saturated rings. The number of benzene rings is 1. The van der Waals surface area contributed by atoms with Gasteiger partial charge in [0.15, 0.2) is 0 Å². The topological polar surface area (TPSA) is 34.1 Å². The van der Waals surface area contributed by atoms with Gasteiger partial charge in [0.1, 0.15) is 6.61 Å². The Bertz CT molecular complexity index is 744. The van der Waals surface area contributed by atoms with E-state index >= 15 is 0 Å². The van der Waals surface area contributed by atoms with Crippen molar-refractivity contribution >= 4 is 24.8 Å². The van der Waals surface area contributed by atoms with Gasteiger partial charge in [-0.05, 0) is 38.5 Å². The quantitative estimate of drug-likeness (QED) is 0.506. The Labute approximate surface area is 175 Å². The van der Waals surface area contributed by atoms with E-state index in [2.05, 4.69) is 42.9 Å². The van der Waals surface area contributed by atoms with Crippen molar-refractivity contribution in [3.63, 3.8) is 0 Å². The third kappa shape index (κ3) is 11.4. The molecule has 0 aliphatic rings. The van der Waals surface area contributed by atoms with Crippen molar-refractivity contribution in [2.45, 2.75) is 33.9 Å². The molecular formula is C22H28Cl2N2O. The molecule has 5 heteroatoms. The van der Waals surface area contributed by atoms with Crippen LogP contribution in [0.1, 0.15) is 32.0 Å². The molecule has 0 saturated carbocycles. The summed E-state index contributed by atoms with van der Waals surface area (Å²) in [7, 11) is 0. The molecule has 0 aliphatic heterocycles. The van der Waals surface area contributed by atoms with Gasteiger partial charge in [0.05, 0.1) is 5.69 Å². The lowest BCUT2D eigenvalue weighted by Crippen LogP contribution is -2.14. The van der Waals surface area contributed by atoms with Crippen LogP contribution in [0, 0.1) is 17.3 Å². The number of allylic oxidation sites excluding steroid dienone is 1. The smallest absolute Gasteiger partial charge is 0.213 e. The van der Waals surface area contributed by atoms with E-state index in [-0.39, 0.29) is 30.2 Å². The molecule has 2 rings (SSSR count). The number of hydrogen-bond donors (Lipinski definition) is 1. The summed E-state index contributed by atoms with van der Waals surface area (Å²) in [5.41, 5.74) is 2.14. The fourth-order valence-electron chi connectivity index (χ4n) is 2.03. The van der Waals surface area contributed by atoms with E-state index in [1.165, 1.54) is 0 Å². The summed E-state index contributed by atoms with van der Waals surface area (Å²) in [4.78, 5) is 4.52. The summed E-state index contributed by atoms with van der Waals surface area (Å²) < 4.78 is 5.75. The van der Waals surface area contributed by atoms with Gasteiger partial charge < -0.3 is 10.1 Å². The number of nitrogens with one attached hydrogen (secondary N) is 1. The molecule has 0 spiro atoms. The SMILES string of the molecule is CC(C)(C)C#C/C=C/CNCc1cccc(OCc2ccccc2)n1.Cl.Cl. The van der Waals surface area contributed by atoms with E-state index in [4.69, 9.17) is 4.74 Å². The van der Waals surface area contributed by atoms with Crippen molar-refractivity contribution < 1.29 is 4.74 Å². The summed E-state index contributed by atoms with van der Waals surface area (Å²) in [6.07, 6.45) is 3.92. The average molecular weight is 407 g/mol. The number of rotatable bonds is 7. The molecule has 1 N–H and O–H groups in total. The molecule has 0 aliphatic carbocycles. The molecule has 27 heavy (non-hydrogen) atoms. The number of pyridine rings is 1. The molecule has 3 nitrogen and oxygen atoms in total. The number of nitrogens with zero attached hydrogens (tertiary/aromatic N) is 1. The fraction of sp³-hybridized carbons (Fsp3) is 0.318.